The summed E-state index contributed by atoms with van der Waals surface area (Å²) in [6, 6.07) is 8.43. The van der Waals surface area contributed by atoms with Crippen molar-refractivity contribution in [2.45, 2.75) is 6.42 Å². The third-order valence-electron chi connectivity index (χ3n) is 2.88. The van der Waals surface area contributed by atoms with Crippen molar-refractivity contribution in [3.8, 4) is 0 Å². The van der Waals surface area contributed by atoms with Gasteiger partial charge in [0.25, 0.3) is 0 Å². The van der Waals surface area contributed by atoms with Crippen molar-refractivity contribution < 1.29 is 4.74 Å². The van der Waals surface area contributed by atoms with Gasteiger partial charge in [-0.25, -0.2) is 0 Å². The fraction of sp³-hybridized carbons (Fsp3) is 0.500. The first-order valence-electron chi connectivity index (χ1n) is 5.82. The van der Waals surface area contributed by atoms with Gasteiger partial charge in [0, 0.05) is 30.2 Å². The number of hydrogen-bond donors (Lipinski definition) is 0. The quantitative estimate of drug-likeness (QED) is 0.454. The topological polar surface area (TPSA) is 61.2 Å². The van der Waals surface area contributed by atoms with E-state index in [9.17, 15) is 0 Å². The number of anilines is 1. The zero-order valence-electron chi connectivity index (χ0n) is 9.75. The van der Waals surface area contributed by atoms with Gasteiger partial charge in [0.1, 0.15) is 0 Å². The van der Waals surface area contributed by atoms with Gasteiger partial charge >= 0.3 is 0 Å². The second-order valence-electron chi connectivity index (χ2n) is 3.97. The van der Waals surface area contributed by atoms with Crippen LogP contribution in [0.3, 0.4) is 0 Å². The first kappa shape index (κ1) is 11.8. The van der Waals surface area contributed by atoms with Crippen LogP contribution in [0.2, 0.25) is 0 Å². The fourth-order valence-electron chi connectivity index (χ4n) is 1.92. The van der Waals surface area contributed by atoms with E-state index in [-0.39, 0.29) is 0 Å². The Balaban J connectivity index is 1.94. The predicted octanol–water partition coefficient (Wildman–Crippen LogP) is 2.38. The number of azide groups is 1. The summed E-state index contributed by atoms with van der Waals surface area (Å²) in [5.41, 5.74) is 10.6. The molecule has 0 aliphatic carbocycles. The van der Waals surface area contributed by atoms with Gasteiger partial charge in [-0.05, 0) is 29.6 Å². The van der Waals surface area contributed by atoms with Crippen molar-refractivity contribution >= 4 is 5.69 Å². The minimum Gasteiger partial charge on any atom is -0.378 e. The van der Waals surface area contributed by atoms with E-state index in [1.54, 1.807) is 0 Å². The fourth-order valence-corrected chi connectivity index (χ4v) is 1.92. The molecule has 0 radical (unpaired) electrons. The van der Waals surface area contributed by atoms with Gasteiger partial charge in [-0.2, -0.15) is 0 Å². The summed E-state index contributed by atoms with van der Waals surface area (Å²) >= 11 is 0. The highest BCUT2D eigenvalue weighted by atomic mass is 16.5. The number of morpholine rings is 1. The second-order valence-corrected chi connectivity index (χ2v) is 3.97. The predicted molar refractivity (Wildman–Crippen MR) is 67.2 cm³/mol. The van der Waals surface area contributed by atoms with E-state index in [1.807, 2.05) is 0 Å². The smallest absolute Gasteiger partial charge is 0.0642 e. The standard InChI is InChI=1S/C12H16N4O/c13-15-14-6-5-11-1-3-12(4-2-11)16-7-9-17-10-8-16/h1-4H,5-10H2. The van der Waals surface area contributed by atoms with Crippen LogP contribution in [0, 0.1) is 0 Å². The summed E-state index contributed by atoms with van der Waals surface area (Å²) in [6.45, 7) is 4.04. The van der Waals surface area contributed by atoms with E-state index in [0.29, 0.717) is 6.54 Å². The molecular formula is C12H16N4O. The third kappa shape index (κ3) is 3.37. The SMILES string of the molecule is [N-]=[N+]=NCCc1ccc(N2CCOCC2)cc1. The van der Waals surface area contributed by atoms with E-state index in [0.717, 1.165) is 32.7 Å². The maximum Gasteiger partial charge on any atom is 0.0642 e. The number of nitrogens with zero attached hydrogens (tertiary/aromatic N) is 4. The molecule has 1 fully saturated rings. The number of benzene rings is 1. The first-order chi connectivity index (χ1) is 8.40. The van der Waals surface area contributed by atoms with E-state index < -0.39 is 0 Å². The normalized spacial score (nSPS) is 15.4. The Bertz CT molecular complexity index is 391. The lowest BCUT2D eigenvalue weighted by molar-refractivity contribution is 0.122. The highest BCUT2D eigenvalue weighted by Gasteiger charge is 2.10. The van der Waals surface area contributed by atoms with Crippen LogP contribution in [-0.2, 0) is 11.2 Å². The van der Waals surface area contributed by atoms with Gasteiger partial charge in [0.15, 0.2) is 0 Å². The molecule has 1 aliphatic rings. The van der Waals surface area contributed by atoms with Gasteiger partial charge in [0.05, 0.1) is 13.2 Å². The molecule has 2 rings (SSSR count). The number of rotatable bonds is 4. The summed E-state index contributed by atoms with van der Waals surface area (Å²) in [7, 11) is 0. The molecular weight excluding hydrogens is 216 g/mol. The lowest BCUT2D eigenvalue weighted by atomic mass is 10.1. The van der Waals surface area contributed by atoms with Crippen molar-refractivity contribution in [2.24, 2.45) is 5.11 Å². The molecule has 90 valence electrons. The molecule has 0 saturated carbocycles. The van der Waals surface area contributed by atoms with Gasteiger partial charge in [-0.3, -0.25) is 0 Å². The number of ether oxygens (including phenoxy) is 1. The van der Waals surface area contributed by atoms with Gasteiger partial charge in [0.2, 0.25) is 0 Å². The maximum absolute atomic E-state index is 8.20. The van der Waals surface area contributed by atoms with Crippen LogP contribution in [0.25, 0.3) is 10.4 Å². The monoisotopic (exact) mass is 232 g/mol. The van der Waals surface area contributed by atoms with Gasteiger partial charge < -0.3 is 9.64 Å². The number of hydrogen-bond acceptors (Lipinski definition) is 3. The minimum atomic E-state index is 0.521. The zero-order chi connectivity index (χ0) is 11.9. The molecule has 1 aromatic carbocycles. The summed E-state index contributed by atoms with van der Waals surface area (Å²) in [5.74, 6) is 0. The molecule has 1 aromatic rings. The Morgan fingerprint density at radius 1 is 1.24 bits per heavy atom. The molecule has 1 saturated heterocycles. The van der Waals surface area contributed by atoms with Crippen LogP contribution >= 0.6 is 0 Å². The molecule has 0 atom stereocenters. The first-order valence-corrected chi connectivity index (χ1v) is 5.82. The molecule has 0 aromatic heterocycles. The van der Waals surface area contributed by atoms with E-state index >= 15 is 0 Å². The van der Waals surface area contributed by atoms with Crippen molar-refractivity contribution in [1.82, 2.24) is 0 Å². The van der Waals surface area contributed by atoms with E-state index in [2.05, 4.69) is 39.2 Å². The Hall–Kier alpha value is -1.71. The second kappa shape index (κ2) is 6.13. The summed E-state index contributed by atoms with van der Waals surface area (Å²) in [6.07, 6.45) is 0.799. The van der Waals surface area contributed by atoms with Crippen LogP contribution in [-0.4, -0.2) is 32.8 Å². The van der Waals surface area contributed by atoms with Gasteiger partial charge in [-0.1, -0.05) is 17.2 Å². The van der Waals surface area contributed by atoms with Gasteiger partial charge in [-0.15, -0.1) is 0 Å². The van der Waals surface area contributed by atoms with Crippen LogP contribution in [0.1, 0.15) is 5.56 Å². The third-order valence-corrected chi connectivity index (χ3v) is 2.88. The van der Waals surface area contributed by atoms with E-state index in [4.69, 9.17) is 10.3 Å². The van der Waals surface area contributed by atoms with Crippen LogP contribution in [0.5, 0.6) is 0 Å². The summed E-state index contributed by atoms with van der Waals surface area (Å²) in [4.78, 5) is 5.06. The van der Waals surface area contributed by atoms with Crippen molar-refractivity contribution in [1.29, 1.82) is 0 Å². The lowest BCUT2D eigenvalue weighted by Crippen LogP contribution is -2.36. The molecule has 0 N–H and O–H groups in total. The summed E-state index contributed by atoms with van der Waals surface area (Å²) < 4.78 is 5.32. The molecule has 0 unspecified atom stereocenters. The largest absolute Gasteiger partial charge is 0.378 e. The van der Waals surface area contributed by atoms with Crippen molar-refractivity contribution in [2.75, 3.05) is 37.7 Å². The average Bonchev–Trinajstić information content (AvgIpc) is 2.41. The highest BCUT2D eigenvalue weighted by Crippen LogP contribution is 2.16. The van der Waals surface area contributed by atoms with Crippen LogP contribution in [0.4, 0.5) is 5.69 Å². The molecule has 1 heterocycles. The maximum atomic E-state index is 8.20. The zero-order valence-corrected chi connectivity index (χ0v) is 9.75. The summed E-state index contributed by atoms with van der Waals surface area (Å²) in [5, 5.41) is 3.53. The Morgan fingerprint density at radius 2 is 1.94 bits per heavy atom. The highest BCUT2D eigenvalue weighted by molar-refractivity contribution is 5.47. The Labute approximate surface area is 101 Å². The molecule has 0 amide bonds. The molecule has 0 bridgehead atoms. The molecule has 5 heteroatoms. The Morgan fingerprint density at radius 3 is 2.59 bits per heavy atom. The lowest BCUT2D eigenvalue weighted by Gasteiger charge is -2.28. The van der Waals surface area contributed by atoms with Crippen molar-refractivity contribution in [3.63, 3.8) is 0 Å². The minimum absolute atomic E-state index is 0.521. The molecule has 0 spiro atoms. The van der Waals surface area contributed by atoms with Crippen LogP contribution in [0.15, 0.2) is 29.4 Å². The van der Waals surface area contributed by atoms with E-state index in [1.165, 1.54) is 11.3 Å². The van der Waals surface area contributed by atoms with Crippen LogP contribution < -0.4 is 4.90 Å². The average molecular weight is 232 g/mol. The molecule has 1 aliphatic heterocycles. The van der Waals surface area contributed by atoms with Crippen molar-refractivity contribution in [3.05, 3.63) is 40.3 Å². The molecule has 17 heavy (non-hydrogen) atoms. The Kier molecular flexibility index (Phi) is 4.24. The molecule has 5 nitrogen and oxygen atoms in total.